The second-order valence-electron chi connectivity index (χ2n) is 6.95. The van der Waals surface area contributed by atoms with Gasteiger partial charge in [-0.3, -0.25) is 9.13 Å². The Morgan fingerprint density at radius 2 is 1.83 bits per heavy atom. The van der Waals surface area contributed by atoms with Crippen molar-refractivity contribution in [2.45, 2.75) is 32.5 Å². The van der Waals surface area contributed by atoms with Gasteiger partial charge >= 0.3 is 5.69 Å². The summed E-state index contributed by atoms with van der Waals surface area (Å²) in [5, 5.41) is 0. The van der Waals surface area contributed by atoms with Crippen LogP contribution in [0.5, 0.6) is 0 Å². The largest absolute Gasteiger partial charge is 0.329 e. The van der Waals surface area contributed by atoms with Gasteiger partial charge in [0.15, 0.2) is 0 Å². The predicted octanol–water partition coefficient (Wildman–Crippen LogP) is 2.99. The molecule has 0 aliphatic carbocycles. The number of hydrogen-bond donors (Lipinski definition) is 1. The second-order valence-corrected chi connectivity index (χ2v) is 6.95. The highest BCUT2D eigenvalue weighted by molar-refractivity contribution is 5.78. The molecule has 0 saturated heterocycles. The number of aromatic nitrogens is 4. The van der Waals surface area contributed by atoms with Crippen molar-refractivity contribution >= 4 is 22.1 Å². The van der Waals surface area contributed by atoms with Crippen LogP contribution in [0, 0.1) is 5.82 Å². The van der Waals surface area contributed by atoms with Crippen molar-refractivity contribution in [3.63, 3.8) is 0 Å². The fourth-order valence-corrected chi connectivity index (χ4v) is 3.63. The van der Waals surface area contributed by atoms with E-state index in [9.17, 15) is 18.0 Å². The molecule has 9 heteroatoms. The number of fused-ring (bicyclic) bond motifs is 2. The van der Waals surface area contributed by atoms with Gasteiger partial charge in [-0.15, -0.1) is 0 Å². The van der Waals surface area contributed by atoms with Crippen LogP contribution >= 0.6 is 0 Å². The number of imidazole rings is 2. The molecule has 29 heavy (non-hydrogen) atoms. The van der Waals surface area contributed by atoms with Gasteiger partial charge in [-0.1, -0.05) is 6.07 Å². The van der Waals surface area contributed by atoms with Crippen LogP contribution in [-0.4, -0.2) is 25.1 Å². The molecule has 0 aliphatic rings. The lowest BCUT2D eigenvalue weighted by Crippen LogP contribution is -2.24. The molecular formula is C20H20F3N5O. The SMILES string of the molecule is Cn1c(=O)n(Cc2nc3cc(CN)ccc3n2CCC(F)F)c2cc(F)ccc21. The summed E-state index contributed by atoms with van der Waals surface area (Å²) >= 11 is 0. The maximum absolute atomic E-state index is 13.8. The van der Waals surface area contributed by atoms with Gasteiger partial charge < -0.3 is 10.3 Å². The van der Waals surface area contributed by atoms with Gasteiger partial charge in [-0.05, 0) is 35.9 Å². The van der Waals surface area contributed by atoms with Crippen LogP contribution in [-0.2, 0) is 26.7 Å². The van der Waals surface area contributed by atoms with Gasteiger partial charge in [0.25, 0.3) is 0 Å². The van der Waals surface area contributed by atoms with E-state index in [1.165, 1.54) is 27.3 Å². The van der Waals surface area contributed by atoms with Gasteiger partial charge in [-0.2, -0.15) is 0 Å². The summed E-state index contributed by atoms with van der Waals surface area (Å²) in [4.78, 5) is 17.3. The smallest absolute Gasteiger partial charge is 0.326 e. The first-order valence-corrected chi connectivity index (χ1v) is 9.20. The van der Waals surface area contributed by atoms with Crippen LogP contribution in [0.2, 0.25) is 0 Å². The van der Waals surface area contributed by atoms with E-state index in [1.807, 2.05) is 12.1 Å². The number of nitrogens with two attached hydrogens (primary N) is 1. The van der Waals surface area contributed by atoms with Gasteiger partial charge in [0.05, 0.1) is 28.6 Å². The summed E-state index contributed by atoms with van der Waals surface area (Å²) in [5.41, 5.74) is 8.54. The molecule has 2 heterocycles. The maximum Gasteiger partial charge on any atom is 0.329 e. The zero-order valence-corrected chi connectivity index (χ0v) is 15.8. The summed E-state index contributed by atoms with van der Waals surface area (Å²) in [6, 6.07) is 9.55. The molecule has 0 fully saturated rings. The second kappa shape index (κ2) is 7.40. The highest BCUT2D eigenvalue weighted by Gasteiger charge is 2.17. The Kier molecular flexibility index (Phi) is 4.91. The minimum atomic E-state index is -2.46. The molecule has 0 radical (unpaired) electrons. The molecule has 0 saturated carbocycles. The first-order valence-electron chi connectivity index (χ1n) is 9.20. The van der Waals surface area contributed by atoms with Crippen LogP contribution in [0.15, 0.2) is 41.2 Å². The van der Waals surface area contributed by atoms with Crippen LogP contribution < -0.4 is 11.4 Å². The van der Waals surface area contributed by atoms with Crippen LogP contribution in [0.1, 0.15) is 17.8 Å². The third-order valence-electron chi connectivity index (χ3n) is 5.11. The van der Waals surface area contributed by atoms with Gasteiger partial charge in [0.1, 0.15) is 11.6 Å². The fraction of sp³-hybridized carbons (Fsp3) is 0.300. The highest BCUT2D eigenvalue weighted by atomic mass is 19.3. The Balaban J connectivity index is 1.86. The Bertz CT molecular complexity index is 1250. The Labute approximate surface area is 164 Å². The molecule has 2 aromatic heterocycles. The molecule has 4 rings (SSSR count). The molecule has 2 N–H and O–H groups in total. The Hall–Kier alpha value is -3.07. The lowest BCUT2D eigenvalue weighted by atomic mass is 10.2. The summed E-state index contributed by atoms with van der Waals surface area (Å²) in [7, 11) is 1.60. The van der Waals surface area contributed by atoms with Crippen molar-refractivity contribution in [2.75, 3.05) is 0 Å². The van der Waals surface area contributed by atoms with Crippen molar-refractivity contribution in [2.24, 2.45) is 12.8 Å². The van der Waals surface area contributed by atoms with E-state index >= 15 is 0 Å². The van der Waals surface area contributed by atoms with Crippen molar-refractivity contribution in [3.05, 3.63) is 64.1 Å². The minimum Gasteiger partial charge on any atom is -0.326 e. The number of halogens is 3. The topological polar surface area (TPSA) is 70.8 Å². The van der Waals surface area contributed by atoms with E-state index in [1.54, 1.807) is 17.7 Å². The maximum atomic E-state index is 13.8. The van der Waals surface area contributed by atoms with E-state index < -0.39 is 12.2 Å². The Morgan fingerprint density at radius 3 is 2.55 bits per heavy atom. The zero-order valence-electron chi connectivity index (χ0n) is 15.8. The molecule has 0 aliphatic heterocycles. The molecule has 0 spiro atoms. The average Bonchev–Trinajstić information content (AvgIpc) is 3.15. The van der Waals surface area contributed by atoms with Gasteiger partial charge in [0.2, 0.25) is 6.43 Å². The number of hydrogen-bond acceptors (Lipinski definition) is 3. The van der Waals surface area contributed by atoms with E-state index in [0.29, 0.717) is 34.4 Å². The molecule has 152 valence electrons. The molecule has 0 amide bonds. The number of rotatable bonds is 6. The van der Waals surface area contributed by atoms with Crippen molar-refractivity contribution in [1.82, 2.24) is 18.7 Å². The normalized spacial score (nSPS) is 11.9. The number of aryl methyl sites for hydroxylation is 2. The molecule has 0 unspecified atom stereocenters. The third kappa shape index (κ3) is 3.42. The monoisotopic (exact) mass is 403 g/mol. The quantitative estimate of drug-likeness (QED) is 0.538. The highest BCUT2D eigenvalue weighted by Crippen LogP contribution is 2.22. The summed E-state index contributed by atoms with van der Waals surface area (Å²) in [5.74, 6) is -0.00989. The number of alkyl halides is 2. The van der Waals surface area contributed by atoms with Gasteiger partial charge in [-0.25, -0.2) is 22.9 Å². The molecule has 0 atom stereocenters. The third-order valence-corrected chi connectivity index (χ3v) is 5.11. The lowest BCUT2D eigenvalue weighted by Gasteiger charge is -2.10. The van der Waals surface area contributed by atoms with Gasteiger partial charge in [0, 0.05) is 26.6 Å². The number of nitrogens with zero attached hydrogens (tertiary/aromatic N) is 4. The van der Waals surface area contributed by atoms with E-state index in [4.69, 9.17) is 5.73 Å². The molecule has 0 bridgehead atoms. The fourth-order valence-electron chi connectivity index (χ4n) is 3.63. The van der Waals surface area contributed by atoms with E-state index in [-0.39, 0.29) is 25.2 Å². The molecular weight excluding hydrogens is 383 g/mol. The molecule has 2 aromatic carbocycles. The molecule has 4 aromatic rings. The van der Waals surface area contributed by atoms with Crippen LogP contribution in [0.25, 0.3) is 22.1 Å². The predicted molar refractivity (Wildman–Crippen MR) is 104 cm³/mol. The zero-order chi connectivity index (χ0) is 20.7. The summed E-state index contributed by atoms with van der Waals surface area (Å²) in [6.07, 6.45) is -2.80. The number of benzene rings is 2. The summed E-state index contributed by atoms with van der Waals surface area (Å²) in [6.45, 7) is 0.423. The first kappa shape index (κ1) is 19.3. The van der Waals surface area contributed by atoms with Crippen LogP contribution in [0.4, 0.5) is 13.2 Å². The van der Waals surface area contributed by atoms with Crippen molar-refractivity contribution < 1.29 is 13.2 Å². The van der Waals surface area contributed by atoms with Crippen molar-refractivity contribution in [3.8, 4) is 0 Å². The first-order chi connectivity index (χ1) is 13.9. The van der Waals surface area contributed by atoms with E-state index in [2.05, 4.69) is 4.98 Å². The lowest BCUT2D eigenvalue weighted by molar-refractivity contribution is 0.131. The van der Waals surface area contributed by atoms with Crippen LogP contribution in [0.3, 0.4) is 0 Å². The molecule has 6 nitrogen and oxygen atoms in total. The average molecular weight is 403 g/mol. The Morgan fingerprint density at radius 1 is 1.07 bits per heavy atom. The van der Waals surface area contributed by atoms with E-state index in [0.717, 1.165) is 5.56 Å². The summed E-state index contributed by atoms with van der Waals surface area (Å²) < 4.78 is 44.1. The standard InChI is InChI=1S/C20H20F3N5O/c1-26-16-5-3-13(21)9-17(16)28(20(26)29)11-19-25-14-8-12(10-24)2-4-15(14)27(19)7-6-18(22)23/h2-5,8-9,18H,6-7,10-11,24H2,1H3. The van der Waals surface area contributed by atoms with Crippen molar-refractivity contribution in [1.29, 1.82) is 0 Å². The minimum absolute atomic E-state index is 0.0372.